The van der Waals surface area contributed by atoms with Gasteiger partial charge in [0.15, 0.2) is 0 Å². The lowest BCUT2D eigenvalue weighted by atomic mass is 10.0. The first-order chi connectivity index (χ1) is 8.83. The number of aryl methyl sites for hydroxylation is 1. The second-order valence-corrected chi connectivity index (χ2v) is 4.98. The first-order valence-electron chi connectivity index (χ1n) is 6.55. The maximum atomic E-state index is 4.27. The van der Waals surface area contributed by atoms with Crippen molar-refractivity contribution >= 4 is 0 Å². The van der Waals surface area contributed by atoms with Gasteiger partial charge in [-0.3, -0.25) is 4.68 Å². The number of rotatable bonds is 3. The summed E-state index contributed by atoms with van der Waals surface area (Å²) in [4.78, 5) is 4.27. The van der Waals surface area contributed by atoms with Crippen molar-refractivity contribution in [3.8, 4) is 11.3 Å². The van der Waals surface area contributed by atoms with Gasteiger partial charge < -0.3 is 9.88 Å². The minimum Gasteiger partial charge on any atom is -0.329 e. The lowest BCUT2D eigenvalue weighted by Gasteiger charge is -2.24. The van der Waals surface area contributed by atoms with E-state index in [9.17, 15) is 0 Å². The molecule has 96 valence electrons. The average Bonchev–Trinajstić information content (AvgIpc) is 2.99. The molecule has 5 nitrogen and oxygen atoms in total. The summed E-state index contributed by atoms with van der Waals surface area (Å²) in [5.41, 5.74) is 2.28. The first kappa shape index (κ1) is 11.5. The van der Waals surface area contributed by atoms with E-state index in [1.54, 1.807) is 0 Å². The Hall–Kier alpha value is -1.62. The van der Waals surface area contributed by atoms with Gasteiger partial charge in [0.1, 0.15) is 0 Å². The maximum absolute atomic E-state index is 4.27. The van der Waals surface area contributed by atoms with Crippen LogP contribution in [-0.4, -0.2) is 31.9 Å². The van der Waals surface area contributed by atoms with Crippen LogP contribution in [0.3, 0.4) is 0 Å². The minimum absolute atomic E-state index is 0.573. The zero-order valence-electron chi connectivity index (χ0n) is 10.7. The molecule has 0 bridgehead atoms. The van der Waals surface area contributed by atoms with E-state index in [4.69, 9.17) is 0 Å². The van der Waals surface area contributed by atoms with Crippen LogP contribution in [-0.2, 0) is 13.6 Å². The van der Waals surface area contributed by atoms with E-state index in [0.29, 0.717) is 6.04 Å². The Morgan fingerprint density at radius 3 is 3.06 bits per heavy atom. The molecule has 1 atom stereocenters. The number of hydrogen-bond donors (Lipinski definition) is 1. The highest BCUT2D eigenvalue weighted by Crippen LogP contribution is 2.19. The Kier molecular flexibility index (Phi) is 3.15. The summed E-state index contributed by atoms with van der Waals surface area (Å²) in [6.45, 7) is 2.13. The summed E-state index contributed by atoms with van der Waals surface area (Å²) in [6.07, 6.45) is 11.6. The second kappa shape index (κ2) is 4.94. The molecule has 0 aliphatic carbocycles. The summed E-state index contributed by atoms with van der Waals surface area (Å²) >= 11 is 0. The summed E-state index contributed by atoms with van der Waals surface area (Å²) in [5, 5.41) is 7.79. The molecule has 1 aliphatic heterocycles. The van der Waals surface area contributed by atoms with Gasteiger partial charge in [-0.05, 0) is 19.4 Å². The van der Waals surface area contributed by atoms with Crippen LogP contribution in [0, 0.1) is 0 Å². The molecule has 1 fully saturated rings. The predicted octanol–water partition coefficient (Wildman–Crippen LogP) is 1.43. The molecule has 3 heterocycles. The third kappa shape index (κ3) is 2.31. The molecule has 0 aromatic carbocycles. The van der Waals surface area contributed by atoms with Gasteiger partial charge in [0.2, 0.25) is 0 Å². The van der Waals surface area contributed by atoms with E-state index in [2.05, 4.69) is 20.0 Å². The zero-order valence-corrected chi connectivity index (χ0v) is 10.7. The molecule has 0 amide bonds. The quantitative estimate of drug-likeness (QED) is 0.889. The smallest absolute Gasteiger partial charge is 0.0951 e. The highest BCUT2D eigenvalue weighted by atomic mass is 15.2. The number of nitrogens with zero attached hydrogens (tertiary/aromatic N) is 4. The third-order valence-corrected chi connectivity index (χ3v) is 3.54. The normalized spacial score (nSPS) is 20.2. The molecule has 18 heavy (non-hydrogen) atoms. The molecule has 2 aromatic heterocycles. The summed E-state index contributed by atoms with van der Waals surface area (Å²) in [6, 6.07) is 0.573. The molecule has 3 rings (SSSR count). The van der Waals surface area contributed by atoms with Crippen LogP contribution in [0.15, 0.2) is 24.9 Å². The van der Waals surface area contributed by atoms with E-state index in [0.717, 1.165) is 24.3 Å². The number of nitrogens with one attached hydrogen (secondary N) is 1. The largest absolute Gasteiger partial charge is 0.329 e. The molecule has 0 saturated carbocycles. The minimum atomic E-state index is 0.573. The molecule has 5 heteroatoms. The van der Waals surface area contributed by atoms with Gasteiger partial charge in [0.05, 0.1) is 24.4 Å². The third-order valence-electron chi connectivity index (χ3n) is 3.54. The summed E-state index contributed by atoms with van der Waals surface area (Å²) in [7, 11) is 1.94. The van der Waals surface area contributed by atoms with E-state index in [-0.39, 0.29) is 0 Å². The van der Waals surface area contributed by atoms with Gasteiger partial charge >= 0.3 is 0 Å². The van der Waals surface area contributed by atoms with Crippen molar-refractivity contribution in [1.29, 1.82) is 0 Å². The van der Waals surface area contributed by atoms with Crippen LogP contribution in [0.4, 0.5) is 0 Å². The fourth-order valence-corrected chi connectivity index (χ4v) is 2.58. The molecule has 1 aliphatic rings. The van der Waals surface area contributed by atoms with Crippen molar-refractivity contribution in [2.75, 3.05) is 6.54 Å². The van der Waals surface area contributed by atoms with Crippen LogP contribution in [0.1, 0.15) is 19.3 Å². The molecule has 1 N–H and O–H groups in total. The number of imidazole rings is 1. The SMILES string of the molecule is Cn1cc(-c2cncn2CC2CCCCN2)cn1. The standard InChI is InChI=1S/C13H19N5/c1-17-8-11(6-16-17)13-7-14-10-18(13)9-12-4-2-3-5-15-12/h6-8,10,12,15H,2-5,9H2,1H3. The average molecular weight is 245 g/mol. The fourth-order valence-electron chi connectivity index (χ4n) is 2.58. The summed E-state index contributed by atoms with van der Waals surface area (Å²) in [5.74, 6) is 0. The Labute approximate surface area is 107 Å². The highest BCUT2D eigenvalue weighted by Gasteiger charge is 2.15. The van der Waals surface area contributed by atoms with E-state index >= 15 is 0 Å². The molecular weight excluding hydrogens is 226 g/mol. The molecule has 1 unspecified atom stereocenters. The van der Waals surface area contributed by atoms with Gasteiger partial charge in [0.25, 0.3) is 0 Å². The van der Waals surface area contributed by atoms with Crippen LogP contribution in [0.2, 0.25) is 0 Å². The fraction of sp³-hybridized carbons (Fsp3) is 0.538. The van der Waals surface area contributed by atoms with Crippen molar-refractivity contribution in [2.24, 2.45) is 7.05 Å². The van der Waals surface area contributed by atoms with E-state index in [1.165, 1.54) is 19.3 Å². The molecule has 0 radical (unpaired) electrons. The van der Waals surface area contributed by atoms with Crippen molar-refractivity contribution in [2.45, 2.75) is 31.8 Å². The van der Waals surface area contributed by atoms with Gasteiger partial charge in [-0.25, -0.2) is 4.98 Å². The predicted molar refractivity (Wildman–Crippen MR) is 70.1 cm³/mol. The van der Waals surface area contributed by atoms with Crippen LogP contribution in [0.25, 0.3) is 11.3 Å². The van der Waals surface area contributed by atoms with E-state index in [1.807, 2.05) is 36.6 Å². The summed E-state index contributed by atoms with van der Waals surface area (Å²) < 4.78 is 4.05. The Balaban J connectivity index is 1.78. The number of piperidine rings is 1. The van der Waals surface area contributed by atoms with Crippen LogP contribution >= 0.6 is 0 Å². The molecule has 0 spiro atoms. The van der Waals surface area contributed by atoms with Crippen molar-refractivity contribution < 1.29 is 0 Å². The molecular formula is C13H19N5. The first-order valence-corrected chi connectivity index (χ1v) is 6.55. The van der Waals surface area contributed by atoms with Crippen molar-refractivity contribution in [3.05, 3.63) is 24.9 Å². The Bertz CT molecular complexity index is 507. The molecule has 1 saturated heterocycles. The number of hydrogen-bond acceptors (Lipinski definition) is 3. The van der Waals surface area contributed by atoms with Gasteiger partial charge in [-0.1, -0.05) is 6.42 Å². The van der Waals surface area contributed by atoms with Crippen LogP contribution < -0.4 is 5.32 Å². The van der Waals surface area contributed by atoms with Crippen molar-refractivity contribution in [1.82, 2.24) is 24.6 Å². The lowest BCUT2D eigenvalue weighted by Crippen LogP contribution is -2.37. The highest BCUT2D eigenvalue weighted by molar-refractivity contribution is 5.56. The van der Waals surface area contributed by atoms with Gasteiger partial charge in [-0.2, -0.15) is 5.10 Å². The second-order valence-electron chi connectivity index (χ2n) is 4.98. The van der Waals surface area contributed by atoms with E-state index < -0.39 is 0 Å². The molecule has 2 aromatic rings. The lowest BCUT2D eigenvalue weighted by molar-refractivity contribution is 0.364. The monoisotopic (exact) mass is 245 g/mol. The van der Waals surface area contributed by atoms with Crippen LogP contribution in [0.5, 0.6) is 0 Å². The zero-order chi connectivity index (χ0) is 12.4. The Morgan fingerprint density at radius 2 is 2.33 bits per heavy atom. The van der Waals surface area contributed by atoms with Gasteiger partial charge in [-0.15, -0.1) is 0 Å². The van der Waals surface area contributed by atoms with Gasteiger partial charge in [0, 0.05) is 31.4 Å². The number of aromatic nitrogens is 4. The Morgan fingerprint density at radius 1 is 1.39 bits per heavy atom. The maximum Gasteiger partial charge on any atom is 0.0951 e. The topological polar surface area (TPSA) is 47.7 Å². The van der Waals surface area contributed by atoms with Crippen molar-refractivity contribution in [3.63, 3.8) is 0 Å².